The summed E-state index contributed by atoms with van der Waals surface area (Å²) in [4.78, 5) is 11.2. The molecule has 1 aliphatic heterocycles. The quantitative estimate of drug-likeness (QED) is 0.867. The lowest BCUT2D eigenvalue weighted by Gasteiger charge is -2.32. The van der Waals surface area contributed by atoms with E-state index < -0.39 is 0 Å². The second-order valence-corrected chi connectivity index (χ2v) is 4.68. The maximum absolute atomic E-state index is 8.73. The summed E-state index contributed by atoms with van der Waals surface area (Å²) in [5.74, 6) is 0.957. The summed E-state index contributed by atoms with van der Waals surface area (Å²) in [6, 6.07) is 0. The second-order valence-electron chi connectivity index (χ2n) is 4.68. The Kier molecular flexibility index (Phi) is 4.49. The van der Waals surface area contributed by atoms with Crippen LogP contribution in [-0.2, 0) is 4.74 Å². The van der Waals surface area contributed by atoms with Crippen molar-refractivity contribution in [1.82, 2.24) is 9.97 Å². The smallest absolute Gasteiger partial charge is 0.147 e. The molecule has 0 amide bonds. The molecule has 0 aliphatic carbocycles. The van der Waals surface area contributed by atoms with E-state index in [0.717, 1.165) is 43.1 Å². The van der Waals surface area contributed by atoms with Gasteiger partial charge in [0, 0.05) is 13.1 Å². The maximum atomic E-state index is 8.73. The number of ether oxygens (including phenoxy) is 1. The molecule has 0 saturated carbocycles. The van der Waals surface area contributed by atoms with Crippen LogP contribution in [-0.4, -0.2) is 47.5 Å². The van der Waals surface area contributed by atoms with E-state index in [2.05, 4.69) is 14.9 Å². The number of aryl methyl sites for hydroxylation is 2. The van der Waals surface area contributed by atoms with E-state index in [-0.39, 0.29) is 12.7 Å². The van der Waals surface area contributed by atoms with Gasteiger partial charge in [-0.2, -0.15) is 0 Å². The Morgan fingerprint density at radius 1 is 1.33 bits per heavy atom. The fourth-order valence-electron chi connectivity index (χ4n) is 2.15. The first-order chi connectivity index (χ1) is 8.70. The lowest BCUT2D eigenvalue weighted by atomic mass is 10.1. The highest BCUT2D eigenvalue weighted by Gasteiger charge is 2.20. The minimum Gasteiger partial charge on any atom is -0.394 e. The van der Waals surface area contributed by atoms with Gasteiger partial charge in [0.05, 0.1) is 36.9 Å². The number of piperidine rings is 1. The Morgan fingerprint density at radius 3 is 2.67 bits per heavy atom. The molecule has 1 saturated heterocycles. The van der Waals surface area contributed by atoms with E-state index in [4.69, 9.17) is 9.84 Å². The summed E-state index contributed by atoms with van der Waals surface area (Å²) in [6.07, 6.45) is 4.08. The van der Waals surface area contributed by atoms with Crippen LogP contribution >= 0.6 is 0 Å². The van der Waals surface area contributed by atoms with Crippen molar-refractivity contribution in [3.05, 3.63) is 17.6 Å². The Hall–Kier alpha value is -1.20. The van der Waals surface area contributed by atoms with E-state index >= 15 is 0 Å². The third-order valence-corrected chi connectivity index (χ3v) is 3.39. The molecular weight excluding hydrogens is 230 g/mol. The molecule has 0 aromatic carbocycles. The zero-order valence-corrected chi connectivity index (χ0v) is 11.1. The van der Waals surface area contributed by atoms with E-state index in [9.17, 15) is 0 Å². The molecule has 18 heavy (non-hydrogen) atoms. The molecule has 0 unspecified atom stereocenters. The van der Waals surface area contributed by atoms with Crippen molar-refractivity contribution in [2.24, 2.45) is 0 Å². The van der Waals surface area contributed by atoms with Crippen molar-refractivity contribution in [1.29, 1.82) is 0 Å². The number of hydrogen-bond acceptors (Lipinski definition) is 5. The van der Waals surface area contributed by atoms with Crippen LogP contribution in [0.15, 0.2) is 6.20 Å². The molecule has 0 atom stereocenters. The van der Waals surface area contributed by atoms with Crippen molar-refractivity contribution in [2.75, 3.05) is 31.2 Å². The molecule has 1 aromatic heterocycles. The van der Waals surface area contributed by atoms with Crippen LogP contribution in [0.1, 0.15) is 24.2 Å². The number of aromatic nitrogens is 2. The van der Waals surface area contributed by atoms with Crippen LogP contribution in [0.4, 0.5) is 5.82 Å². The molecule has 1 aliphatic rings. The number of nitrogens with zero attached hydrogens (tertiary/aromatic N) is 3. The van der Waals surface area contributed by atoms with Crippen LogP contribution in [0.5, 0.6) is 0 Å². The first kappa shape index (κ1) is 13.2. The predicted molar refractivity (Wildman–Crippen MR) is 69.8 cm³/mol. The molecule has 5 nitrogen and oxygen atoms in total. The average Bonchev–Trinajstić information content (AvgIpc) is 2.40. The van der Waals surface area contributed by atoms with Gasteiger partial charge in [-0.1, -0.05) is 0 Å². The highest BCUT2D eigenvalue weighted by Crippen LogP contribution is 2.19. The van der Waals surface area contributed by atoms with Crippen molar-refractivity contribution in [3.63, 3.8) is 0 Å². The Morgan fingerprint density at radius 2 is 2.06 bits per heavy atom. The van der Waals surface area contributed by atoms with Crippen LogP contribution in [0.3, 0.4) is 0 Å². The van der Waals surface area contributed by atoms with Gasteiger partial charge in [0.1, 0.15) is 5.82 Å². The minimum atomic E-state index is 0.100. The highest BCUT2D eigenvalue weighted by molar-refractivity contribution is 5.38. The van der Waals surface area contributed by atoms with Crippen molar-refractivity contribution >= 4 is 5.82 Å². The third kappa shape index (κ3) is 3.17. The van der Waals surface area contributed by atoms with Gasteiger partial charge >= 0.3 is 0 Å². The molecular formula is C13H21N3O2. The molecule has 0 bridgehead atoms. The number of anilines is 1. The standard InChI is InChI=1S/C13H21N3O2/c1-10-11(2)15-13(9-14-10)16-5-3-12(4-6-16)18-8-7-17/h9,12,17H,3-8H2,1-2H3. The van der Waals surface area contributed by atoms with Crippen LogP contribution < -0.4 is 4.90 Å². The average molecular weight is 251 g/mol. The summed E-state index contributed by atoms with van der Waals surface area (Å²) in [6.45, 7) is 6.38. The highest BCUT2D eigenvalue weighted by atomic mass is 16.5. The van der Waals surface area contributed by atoms with Gasteiger partial charge in [-0.3, -0.25) is 4.98 Å². The second kappa shape index (κ2) is 6.11. The largest absolute Gasteiger partial charge is 0.394 e. The number of hydrogen-bond donors (Lipinski definition) is 1. The Labute approximate surface area is 108 Å². The molecule has 2 rings (SSSR count). The van der Waals surface area contributed by atoms with Gasteiger partial charge in [-0.15, -0.1) is 0 Å². The number of aliphatic hydroxyl groups is 1. The molecule has 0 radical (unpaired) electrons. The summed E-state index contributed by atoms with van der Waals surface area (Å²) >= 11 is 0. The molecule has 1 N–H and O–H groups in total. The fourth-order valence-corrected chi connectivity index (χ4v) is 2.15. The van der Waals surface area contributed by atoms with E-state index in [1.807, 2.05) is 20.0 Å². The zero-order valence-electron chi connectivity index (χ0n) is 11.1. The normalized spacial score (nSPS) is 17.2. The van der Waals surface area contributed by atoms with Crippen LogP contribution in [0, 0.1) is 13.8 Å². The SMILES string of the molecule is Cc1ncc(N2CCC(OCCO)CC2)nc1C. The number of aliphatic hydroxyl groups excluding tert-OH is 1. The first-order valence-electron chi connectivity index (χ1n) is 6.48. The van der Waals surface area contributed by atoms with Crippen LogP contribution in [0.2, 0.25) is 0 Å². The lowest BCUT2D eigenvalue weighted by molar-refractivity contribution is 0.0158. The number of rotatable bonds is 4. The maximum Gasteiger partial charge on any atom is 0.147 e. The summed E-state index contributed by atoms with van der Waals surface area (Å²) < 4.78 is 5.55. The Bertz CT molecular complexity index is 390. The monoisotopic (exact) mass is 251 g/mol. The van der Waals surface area contributed by atoms with Gasteiger partial charge in [0.15, 0.2) is 0 Å². The van der Waals surface area contributed by atoms with E-state index in [0.29, 0.717) is 6.61 Å². The topological polar surface area (TPSA) is 58.5 Å². The molecule has 2 heterocycles. The summed E-state index contributed by atoms with van der Waals surface area (Å²) in [5.41, 5.74) is 1.98. The minimum absolute atomic E-state index is 0.100. The van der Waals surface area contributed by atoms with Crippen LogP contribution in [0.25, 0.3) is 0 Å². The van der Waals surface area contributed by atoms with Gasteiger partial charge in [0.2, 0.25) is 0 Å². The van der Waals surface area contributed by atoms with Gasteiger partial charge in [-0.05, 0) is 26.7 Å². The van der Waals surface area contributed by atoms with Crippen molar-refractivity contribution in [3.8, 4) is 0 Å². The van der Waals surface area contributed by atoms with Crippen molar-refractivity contribution in [2.45, 2.75) is 32.8 Å². The fraction of sp³-hybridized carbons (Fsp3) is 0.692. The van der Waals surface area contributed by atoms with Crippen molar-refractivity contribution < 1.29 is 9.84 Å². The predicted octanol–water partition coefficient (Wildman–Crippen LogP) is 1.07. The Balaban J connectivity index is 1.90. The molecule has 100 valence electrons. The van der Waals surface area contributed by atoms with Gasteiger partial charge < -0.3 is 14.7 Å². The third-order valence-electron chi connectivity index (χ3n) is 3.39. The van der Waals surface area contributed by atoms with E-state index in [1.54, 1.807) is 0 Å². The molecule has 5 heteroatoms. The van der Waals surface area contributed by atoms with E-state index in [1.165, 1.54) is 0 Å². The molecule has 0 spiro atoms. The zero-order chi connectivity index (χ0) is 13.0. The molecule has 1 fully saturated rings. The summed E-state index contributed by atoms with van der Waals surface area (Å²) in [5, 5.41) is 8.73. The first-order valence-corrected chi connectivity index (χ1v) is 6.48. The lowest BCUT2D eigenvalue weighted by Crippen LogP contribution is -2.38. The van der Waals surface area contributed by atoms with Gasteiger partial charge in [0.25, 0.3) is 0 Å². The summed E-state index contributed by atoms with van der Waals surface area (Å²) in [7, 11) is 0. The molecule has 1 aromatic rings. The van der Waals surface area contributed by atoms with Gasteiger partial charge in [-0.25, -0.2) is 4.98 Å².